The van der Waals surface area contributed by atoms with E-state index in [9.17, 15) is 9.50 Å². The third kappa shape index (κ3) is 8.92. The minimum Gasteiger partial charge on any atom is -0.388 e. The van der Waals surface area contributed by atoms with E-state index in [4.69, 9.17) is 14.2 Å². The molecule has 158 valence electrons. The van der Waals surface area contributed by atoms with Crippen LogP contribution in [0.15, 0.2) is 22.9 Å². The van der Waals surface area contributed by atoms with Crippen molar-refractivity contribution in [3.63, 3.8) is 0 Å². The van der Waals surface area contributed by atoms with E-state index in [2.05, 4.69) is 4.98 Å². The summed E-state index contributed by atoms with van der Waals surface area (Å²) in [5.41, 5.74) is 1.58. The summed E-state index contributed by atoms with van der Waals surface area (Å²) >= 11 is 1.56. The highest BCUT2D eigenvalue weighted by molar-refractivity contribution is 7.09. The van der Waals surface area contributed by atoms with Crippen LogP contribution in [0.3, 0.4) is 0 Å². The molecule has 0 aliphatic carbocycles. The molecule has 0 radical (unpaired) electrons. The number of hydrogen-bond donors (Lipinski definition) is 1. The lowest BCUT2D eigenvalue weighted by molar-refractivity contribution is -0.170. The van der Waals surface area contributed by atoms with Crippen molar-refractivity contribution < 1.29 is 23.7 Å². The lowest BCUT2D eigenvalue weighted by Crippen LogP contribution is -2.25. The van der Waals surface area contributed by atoms with Gasteiger partial charge in [0.25, 0.3) is 0 Å². The molecule has 1 aliphatic rings. The van der Waals surface area contributed by atoms with Gasteiger partial charge in [-0.05, 0) is 57.3 Å². The Morgan fingerprint density at radius 1 is 1.46 bits per heavy atom. The molecule has 2 heterocycles. The first-order chi connectivity index (χ1) is 13.4. The number of aliphatic hydroxyl groups is 1. The largest absolute Gasteiger partial charge is 0.388 e. The van der Waals surface area contributed by atoms with E-state index in [1.165, 1.54) is 6.08 Å². The van der Waals surface area contributed by atoms with E-state index in [0.717, 1.165) is 42.1 Å². The van der Waals surface area contributed by atoms with Gasteiger partial charge in [-0.3, -0.25) is 0 Å². The van der Waals surface area contributed by atoms with Crippen molar-refractivity contribution in [3.8, 4) is 0 Å². The Hall–Kier alpha value is -1.12. The smallest absolute Gasteiger partial charge is 0.157 e. The lowest BCUT2D eigenvalue weighted by Gasteiger charge is -2.24. The lowest BCUT2D eigenvalue weighted by atomic mass is 10.1. The van der Waals surface area contributed by atoms with Gasteiger partial charge in [0.05, 0.1) is 36.6 Å². The van der Waals surface area contributed by atoms with Crippen molar-refractivity contribution in [1.82, 2.24) is 4.98 Å². The Balaban J connectivity index is 1.62. The van der Waals surface area contributed by atoms with E-state index < -0.39 is 6.10 Å². The normalized spacial score (nSPS) is 21.0. The van der Waals surface area contributed by atoms with Gasteiger partial charge in [-0.1, -0.05) is 6.92 Å². The number of halogens is 1. The molecular weight excluding hydrogens is 381 g/mol. The van der Waals surface area contributed by atoms with Crippen LogP contribution in [0.1, 0.15) is 50.2 Å². The van der Waals surface area contributed by atoms with Crippen LogP contribution in [0.4, 0.5) is 4.39 Å². The molecule has 0 bridgehead atoms. The molecule has 1 saturated heterocycles. The van der Waals surface area contributed by atoms with Crippen molar-refractivity contribution in [2.45, 2.75) is 58.8 Å². The van der Waals surface area contributed by atoms with Crippen LogP contribution in [0.25, 0.3) is 6.08 Å². The van der Waals surface area contributed by atoms with Gasteiger partial charge in [0.2, 0.25) is 0 Å². The van der Waals surface area contributed by atoms with Gasteiger partial charge in [0.15, 0.2) is 6.29 Å². The van der Waals surface area contributed by atoms with Crippen LogP contribution in [0.5, 0.6) is 0 Å². The first-order valence-corrected chi connectivity index (χ1v) is 10.8. The summed E-state index contributed by atoms with van der Waals surface area (Å²) in [6.07, 6.45) is 5.73. The number of nitrogens with zero attached hydrogens (tertiary/aromatic N) is 1. The molecule has 0 spiro atoms. The highest BCUT2D eigenvalue weighted by Crippen LogP contribution is 2.17. The van der Waals surface area contributed by atoms with E-state index in [1.807, 2.05) is 32.2 Å². The predicted octanol–water partition coefficient (Wildman–Crippen LogP) is 4.66. The Kier molecular flexibility index (Phi) is 10.3. The third-order valence-electron chi connectivity index (χ3n) is 4.45. The summed E-state index contributed by atoms with van der Waals surface area (Å²) in [4.78, 5) is 4.33. The fourth-order valence-electron chi connectivity index (χ4n) is 2.78. The van der Waals surface area contributed by atoms with Crippen LogP contribution in [-0.4, -0.2) is 48.9 Å². The molecule has 1 aliphatic heterocycles. The number of hydrogen-bond acceptors (Lipinski definition) is 6. The molecule has 5 nitrogen and oxygen atoms in total. The zero-order chi connectivity index (χ0) is 20.4. The Labute approximate surface area is 171 Å². The molecule has 1 aromatic heterocycles. The maximum atomic E-state index is 13.9. The first-order valence-electron chi connectivity index (χ1n) is 9.88. The molecule has 28 heavy (non-hydrogen) atoms. The number of thiazole rings is 1. The van der Waals surface area contributed by atoms with Crippen molar-refractivity contribution in [2.24, 2.45) is 5.92 Å². The molecule has 2 rings (SSSR count). The molecule has 1 fully saturated rings. The summed E-state index contributed by atoms with van der Waals surface area (Å²) in [5, 5.41) is 13.1. The standard InChI is InChI=1S/C21H32FNO4S/c1-15(12-27-21-6-4-5-9-26-21)11-25-13-18(22)7-8-20(24)16(2)10-19-14-28-17(3)23-19/h7,10,14-15,20-21,24H,4-6,8-9,11-13H2,1-3H3/b16-10+,18-7-/t15-,20-,21?/m0/s1. The molecule has 0 saturated carbocycles. The van der Waals surface area contributed by atoms with Crippen LogP contribution in [-0.2, 0) is 14.2 Å². The van der Waals surface area contributed by atoms with Crippen molar-refractivity contribution in [1.29, 1.82) is 0 Å². The van der Waals surface area contributed by atoms with Crippen LogP contribution >= 0.6 is 11.3 Å². The molecule has 3 atom stereocenters. The van der Waals surface area contributed by atoms with Crippen molar-refractivity contribution >= 4 is 17.4 Å². The summed E-state index contributed by atoms with van der Waals surface area (Å²) < 4.78 is 30.6. The summed E-state index contributed by atoms with van der Waals surface area (Å²) in [6.45, 7) is 7.37. The zero-order valence-corrected chi connectivity index (χ0v) is 17.8. The van der Waals surface area contributed by atoms with Gasteiger partial charge in [0, 0.05) is 17.9 Å². The minimum absolute atomic E-state index is 0.0922. The van der Waals surface area contributed by atoms with Gasteiger partial charge in [-0.15, -0.1) is 11.3 Å². The molecule has 7 heteroatoms. The van der Waals surface area contributed by atoms with Crippen LogP contribution in [0.2, 0.25) is 0 Å². The first kappa shape index (κ1) is 23.2. The van der Waals surface area contributed by atoms with Crippen LogP contribution < -0.4 is 0 Å². The number of aryl methyl sites for hydroxylation is 1. The monoisotopic (exact) mass is 413 g/mol. The molecule has 1 unspecified atom stereocenters. The SMILES string of the molecule is C/C(=C\c1csc(C)n1)[C@@H](O)C/C=C(\F)COC[C@H](C)COC1CCCCO1. The summed E-state index contributed by atoms with van der Waals surface area (Å²) in [6, 6.07) is 0. The average Bonchev–Trinajstić information content (AvgIpc) is 3.09. The number of aromatic nitrogens is 1. The molecule has 0 aromatic carbocycles. The molecule has 1 N–H and O–H groups in total. The van der Waals surface area contributed by atoms with Gasteiger partial charge >= 0.3 is 0 Å². The predicted molar refractivity (Wildman–Crippen MR) is 110 cm³/mol. The van der Waals surface area contributed by atoms with Crippen molar-refractivity contribution in [3.05, 3.63) is 33.6 Å². The Morgan fingerprint density at radius 3 is 2.96 bits per heavy atom. The van der Waals surface area contributed by atoms with E-state index >= 15 is 0 Å². The summed E-state index contributed by atoms with van der Waals surface area (Å²) in [7, 11) is 0. The highest BCUT2D eigenvalue weighted by Gasteiger charge is 2.15. The quantitative estimate of drug-likeness (QED) is 0.572. The molecule has 1 aromatic rings. The van der Waals surface area contributed by atoms with Gasteiger partial charge in [-0.25, -0.2) is 9.37 Å². The average molecular weight is 414 g/mol. The minimum atomic E-state index is -0.740. The fraction of sp³-hybridized carbons (Fsp3) is 0.667. The van der Waals surface area contributed by atoms with E-state index in [1.54, 1.807) is 11.3 Å². The topological polar surface area (TPSA) is 60.8 Å². The van der Waals surface area contributed by atoms with Crippen LogP contribution in [0, 0.1) is 12.8 Å². The maximum absolute atomic E-state index is 13.9. The number of aliphatic hydroxyl groups excluding tert-OH is 1. The Morgan fingerprint density at radius 2 is 2.29 bits per heavy atom. The van der Waals surface area contributed by atoms with Gasteiger partial charge < -0.3 is 19.3 Å². The third-order valence-corrected chi connectivity index (χ3v) is 5.24. The molecule has 0 amide bonds. The second kappa shape index (κ2) is 12.4. The van der Waals surface area contributed by atoms with Gasteiger partial charge in [0.1, 0.15) is 5.83 Å². The van der Waals surface area contributed by atoms with E-state index in [-0.39, 0.29) is 31.1 Å². The molecular formula is C21H32FNO4S. The van der Waals surface area contributed by atoms with Gasteiger partial charge in [-0.2, -0.15) is 0 Å². The summed E-state index contributed by atoms with van der Waals surface area (Å²) in [5.74, 6) is -0.212. The number of rotatable bonds is 11. The second-order valence-electron chi connectivity index (χ2n) is 7.33. The second-order valence-corrected chi connectivity index (χ2v) is 8.39. The van der Waals surface area contributed by atoms with Crippen molar-refractivity contribution in [2.75, 3.05) is 26.4 Å². The highest BCUT2D eigenvalue weighted by atomic mass is 32.1. The zero-order valence-electron chi connectivity index (χ0n) is 17.0. The van der Waals surface area contributed by atoms with E-state index in [0.29, 0.717) is 13.2 Å². The number of ether oxygens (including phenoxy) is 3. The fourth-order valence-corrected chi connectivity index (χ4v) is 3.35. The maximum Gasteiger partial charge on any atom is 0.157 e. The Bertz CT molecular complexity index is 640.